The number of anilines is 1. The van der Waals surface area contributed by atoms with Crippen molar-refractivity contribution in [3.63, 3.8) is 0 Å². The average Bonchev–Trinajstić information content (AvgIpc) is 2.30. The summed E-state index contributed by atoms with van der Waals surface area (Å²) in [4.78, 5) is 1.06. The van der Waals surface area contributed by atoms with E-state index in [2.05, 4.69) is 4.72 Å². The predicted molar refractivity (Wildman–Crippen MR) is 70.5 cm³/mol. The fourth-order valence-electron chi connectivity index (χ4n) is 1.27. The van der Waals surface area contributed by atoms with Gasteiger partial charge >= 0.3 is 0 Å². The van der Waals surface area contributed by atoms with Crippen molar-refractivity contribution in [3.05, 3.63) is 24.3 Å². The molecule has 0 aliphatic heterocycles. The molecule has 0 radical (unpaired) electrons. The summed E-state index contributed by atoms with van der Waals surface area (Å²) in [5, 5.41) is 7.74. The molecule has 1 N–H and O–H groups in total. The molecule has 1 atom stereocenters. The van der Waals surface area contributed by atoms with Crippen molar-refractivity contribution in [1.82, 2.24) is 0 Å². The highest BCUT2D eigenvalue weighted by atomic mass is 32.2. The largest absolute Gasteiger partial charge is 0.282 e. The van der Waals surface area contributed by atoms with E-state index in [0.717, 1.165) is 4.90 Å². The van der Waals surface area contributed by atoms with E-state index in [1.165, 1.54) is 0 Å². The Morgan fingerprint density at radius 3 is 2.41 bits per heavy atom. The SMILES string of the molecule is CCC(C#N)S(=O)(=O)Nc1ccc(SC)cc1. The quantitative estimate of drug-likeness (QED) is 0.834. The summed E-state index contributed by atoms with van der Waals surface area (Å²) < 4.78 is 26.0. The summed E-state index contributed by atoms with van der Waals surface area (Å²) in [5.41, 5.74) is 0.483. The first-order valence-electron chi connectivity index (χ1n) is 5.08. The second-order valence-electron chi connectivity index (χ2n) is 3.40. The van der Waals surface area contributed by atoms with Crippen LogP contribution in [-0.4, -0.2) is 19.9 Å². The summed E-state index contributed by atoms with van der Waals surface area (Å²) in [7, 11) is -3.61. The molecule has 0 bridgehead atoms. The molecule has 0 heterocycles. The van der Waals surface area contributed by atoms with Gasteiger partial charge in [0.25, 0.3) is 0 Å². The lowest BCUT2D eigenvalue weighted by molar-refractivity contribution is 0.593. The van der Waals surface area contributed by atoms with E-state index >= 15 is 0 Å². The van der Waals surface area contributed by atoms with Crippen molar-refractivity contribution in [3.8, 4) is 6.07 Å². The van der Waals surface area contributed by atoms with E-state index < -0.39 is 15.3 Å². The van der Waals surface area contributed by atoms with Gasteiger partial charge in [-0.05, 0) is 36.9 Å². The molecule has 0 saturated heterocycles. The zero-order valence-corrected chi connectivity index (χ0v) is 11.3. The number of rotatable bonds is 5. The van der Waals surface area contributed by atoms with Crippen molar-refractivity contribution in [2.75, 3.05) is 11.0 Å². The maximum Gasteiger partial charge on any atom is 0.249 e. The fraction of sp³-hybridized carbons (Fsp3) is 0.364. The maximum absolute atomic E-state index is 11.8. The molecule has 1 unspecified atom stereocenters. The minimum absolute atomic E-state index is 0.273. The van der Waals surface area contributed by atoms with Crippen molar-refractivity contribution < 1.29 is 8.42 Å². The van der Waals surface area contributed by atoms with Crippen LogP contribution in [-0.2, 0) is 10.0 Å². The van der Waals surface area contributed by atoms with Crippen LogP contribution in [0.2, 0.25) is 0 Å². The normalized spacial score (nSPS) is 12.8. The van der Waals surface area contributed by atoms with Crippen LogP contribution in [0.25, 0.3) is 0 Å². The molecule has 0 spiro atoms. The van der Waals surface area contributed by atoms with E-state index in [-0.39, 0.29) is 6.42 Å². The summed E-state index contributed by atoms with van der Waals surface area (Å²) >= 11 is 1.58. The molecular weight excluding hydrogens is 256 g/mol. The van der Waals surface area contributed by atoms with Gasteiger partial charge in [-0.15, -0.1) is 11.8 Å². The molecule has 0 amide bonds. The number of thioether (sulfide) groups is 1. The van der Waals surface area contributed by atoms with Crippen LogP contribution in [0.4, 0.5) is 5.69 Å². The Bertz CT molecular complexity index is 503. The van der Waals surface area contributed by atoms with Crippen molar-refractivity contribution in [1.29, 1.82) is 5.26 Å². The maximum atomic E-state index is 11.8. The number of hydrogen-bond acceptors (Lipinski definition) is 4. The lowest BCUT2D eigenvalue weighted by Crippen LogP contribution is -2.25. The number of nitriles is 1. The summed E-state index contributed by atoms with van der Waals surface area (Å²) in [6.07, 6.45) is 2.22. The molecule has 6 heteroatoms. The van der Waals surface area contributed by atoms with Crippen molar-refractivity contribution >= 4 is 27.5 Å². The molecule has 1 aromatic rings. The Balaban J connectivity index is 2.87. The fourth-order valence-corrected chi connectivity index (χ4v) is 2.87. The van der Waals surface area contributed by atoms with Gasteiger partial charge in [-0.25, -0.2) is 8.42 Å². The lowest BCUT2D eigenvalue weighted by Gasteiger charge is -2.11. The molecule has 1 aromatic carbocycles. The van der Waals surface area contributed by atoms with Gasteiger partial charge in [0.15, 0.2) is 5.25 Å². The highest BCUT2D eigenvalue weighted by Crippen LogP contribution is 2.19. The zero-order chi connectivity index (χ0) is 12.9. The molecule has 17 heavy (non-hydrogen) atoms. The van der Waals surface area contributed by atoms with Gasteiger partial charge in [-0.1, -0.05) is 6.92 Å². The monoisotopic (exact) mass is 270 g/mol. The van der Waals surface area contributed by atoms with E-state index in [9.17, 15) is 8.42 Å². The van der Waals surface area contributed by atoms with Gasteiger partial charge in [0.1, 0.15) is 0 Å². The van der Waals surface area contributed by atoms with E-state index in [0.29, 0.717) is 5.69 Å². The van der Waals surface area contributed by atoms with Crippen molar-refractivity contribution in [2.24, 2.45) is 0 Å². The van der Waals surface area contributed by atoms with Gasteiger partial charge in [-0.3, -0.25) is 4.72 Å². The third kappa shape index (κ3) is 3.65. The minimum atomic E-state index is -3.61. The molecule has 0 saturated carbocycles. The van der Waals surface area contributed by atoms with Gasteiger partial charge in [0.2, 0.25) is 10.0 Å². The van der Waals surface area contributed by atoms with E-state index in [4.69, 9.17) is 5.26 Å². The molecule has 0 aromatic heterocycles. The molecule has 92 valence electrons. The number of nitrogens with one attached hydrogen (secondary N) is 1. The smallest absolute Gasteiger partial charge is 0.249 e. The Morgan fingerprint density at radius 2 is 2.00 bits per heavy atom. The predicted octanol–water partition coefficient (Wildman–Crippen LogP) is 2.45. The summed E-state index contributed by atoms with van der Waals surface area (Å²) in [6.45, 7) is 1.67. The standard InChI is InChI=1S/C11H14N2O2S2/c1-3-11(8-12)17(14,15)13-9-4-6-10(16-2)7-5-9/h4-7,11,13H,3H2,1-2H3. The second-order valence-corrected chi connectivity index (χ2v) is 6.14. The van der Waals surface area contributed by atoms with Gasteiger partial charge in [0, 0.05) is 10.6 Å². The first-order chi connectivity index (χ1) is 8.03. The molecule has 0 fully saturated rings. The number of sulfonamides is 1. The van der Waals surface area contributed by atoms with Crippen LogP contribution in [0.1, 0.15) is 13.3 Å². The Morgan fingerprint density at radius 1 is 1.41 bits per heavy atom. The van der Waals surface area contributed by atoms with E-state index in [1.54, 1.807) is 36.9 Å². The third-order valence-electron chi connectivity index (χ3n) is 2.24. The number of benzene rings is 1. The van der Waals surface area contributed by atoms with Crippen LogP contribution in [0.15, 0.2) is 29.2 Å². The lowest BCUT2D eigenvalue weighted by atomic mass is 10.3. The molecule has 4 nitrogen and oxygen atoms in total. The minimum Gasteiger partial charge on any atom is -0.282 e. The van der Waals surface area contributed by atoms with Gasteiger partial charge in [-0.2, -0.15) is 5.26 Å². The van der Waals surface area contributed by atoms with Crippen molar-refractivity contribution in [2.45, 2.75) is 23.5 Å². The van der Waals surface area contributed by atoms with E-state index in [1.807, 2.05) is 18.4 Å². The molecule has 1 rings (SSSR count). The molecule has 0 aliphatic carbocycles. The van der Waals surface area contributed by atoms with Crippen LogP contribution in [0, 0.1) is 11.3 Å². The van der Waals surface area contributed by atoms with Crippen LogP contribution in [0.5, 0.6) is 0 Å². The highest BCUT2D eigenvalue weighted by Gasteiger charge is 2.23. The zero-order valence-electron chi connectivity index (χ0n) is 9.67. The average molecular weight is 270 g/mol. The topological polar surface area (TPSA) is 70.0 Å². The summed E-state index contributed by atoms with van der Waals surface area (Å²) in [6, 6.07) is 8.81. The van der Waals surface area contributed by atoms with Crippen LogP contribution >= 0.6 is 11.8 Å². The highest BCUT2D eigenvalue weighted by molar-refractivity contribution is 7.98. The number of hydrogen-bond donors (Lipinski definition) is 1. The van der Waals surface area contributed by atoms with Crippen LogP contribution in [0.3, 0.4) is 0 Å². The Kier molecular flexibility index (Phi) is 4.85. The summed E-state index contributed by atoms with van der Waals surface area (Å²) in [5.74, 6) is 0. The first kappa shape index (κ1) is 13.9. The molecule has 0 aliphatic rings. The van der Waals surface area contributed by atoms with Crippen LogP contribution < -0.4 is 4.72 Å². The molecular formula is C11H14N2O2S2. The third-order valence-corrected chi connectivity index (χ3v) is 4.69. The first-order valence-corrected chi connectivity index (χ1v) is 7.86. The Hall–Kier alpha value is -1.19. The van der Waals surface area contributed by atoms with Gasteiger partial charge in [0.05, 0.1) is 6.07 Å². The Labute approximate surface area is 106 Å². The van der Waals surface area contributed by atoms with Gasteiger partial charge < -0.3 is 0 Å². The number of nitrogens with zero attached hydrogens (tertiary/aromatic N) is 1. The second kappa shape index (κ2) is 5.94.